The molecular weight excluding hydrogens is 337 g/mol. The molecule has 1 aliphatic rings. The predicted molar refractivity (Wildman–Crippen MR) is 92.1 cm³/mol. The van der Waals surface area contributed by atoms with Gasteiger partial charge in [-0.2, -0.15) is 0 Å². The number of ether oxygens (including phenoxy) is 1. The van der Waals surface area contributed by atoms with Crippen molar-refractivity contribution in [2.45, 2.75) is 18.9 Å². The molecule has 26 heavy (non-hydrogen) atoms. The number of rotatable bonds is 4. The van der Waals surface area contributed by atoms with Crippen LogP contribution in [0.15, 0.2) is 42.9 Å². The summed E-state index contributed by atoms with van der Waals surface area (Å²) >= 11 is 0. The van der Waals surface area contributed by atoms with Gasteiger partial charge in [-0.25, -0.2) is 14.4 Å². The number of nitrogens with zero attached hydrogens (tertiary/aromatic N) is 5. The molecule has 0 bridgehead atoms. The number of para-hydroxylation sites is 2. The zero-order chi connectivity index (χ0) is 18.1. The van der Waals surface area contributed by atoms with E-state index in [1.165, 1.54) is 23.5 Å². The van der Waals surface area contributed by atoms with E-state index in [2.05, 4.69) is 15.0 Å². The molecule has 1 saturated heterocycles. The number of likely N-dealkylation sites (tertiary alicyclic amines) is 1. The highest BCUT2D eigenvalue weighted by molar-refractivity contribution is 5.92. The van der Waals surface area contributed by atoms with Crippen molar-refractivity contribution in [1.82, 2.24) is 24.4 Å². The summed E-state index contributed by atoms with van der Waals surface area (Å²) in [5.74, 6) is 0.381. The van der Waals surface area contributed by atoms with Gasteiger partial charge in [-0.1, -0.05) is 12.1 Å². The minimum Gasteiger partial charge on any atom is -0.365 e. The number of imidazole rings is 1. The Morgan fingerprint density at radius 2 is 2.15 bits per heavy atom. The highest BCUT2D eigenvalue weighted by Gasteiger charge is 2.37. The van der Waals surface area contributed by atoms with Gasteiger partial charge in [-0.15, -0.1) is 0 Å². The Balaban J connectivity index is 1.42. The van der Waals surface area contributed by atoms with E-state index in [4.69, 9.17) is 4.74 Å². The average Bonchev–Trinajstić information content (AvgIpc) is 3.20. The van der Waals surface area contributed by atoms with Gasteiger partial charge in [0.15, 0.2) is 0 Å². The normalized spacial score (nSPS) is 20.0. The summed E-state index contributed by atoms with van der Waals surface area (Å²) in [6.07, 6.45) is 2.38. The number of carbonyl (C=O) groups is 1. The molecule has 1 aromatic carbocycles. The number of aryl methyl sites for hydroxylation is 1. The summed E-state index contributed by atoms with van der Waals surface area (Å²) in [7, 11) is 1.90. The largest absolute Gasteiger partial charge is 0.365 e. The summed E-state index contributed by atoms with van der Waals surface area (Å²) in [4.78, 5) is 26.1. The summed E-state index contributed by atoms with van der Waals surface area (Å²) in [5.41, 5.74) is 2.07. The number of hydrogen-bond acceptors (Lipinski definition) is 5. The smallest absolute Gasteiger partial charge is 0.274 e. The second-order valence-corrected chi connectivity index (χ2v) is 6.24. The van der Waals surface area contributed by atoms with Gasteiger partial charge >= 0.3 is 0 Å². The first-order chi connectivity index (χ1) is 12.6. The zero-order valence-electron chi connectivity index (χ0n) is 14.2. The van der Waals surface area contributed by atoms with Crippen LogP contribution in [0.3, 0.4) is 0 Å². The molecule has 0 saturated carbocycles. The van der Waals surface area contributed by atoms with Crippen molar-refractivity contribution in [3.8, 4) is 0 Å². The number of hydrogen-bond donors (Lipinski definition) is 0. The molecule has 2 aromatic heterocycles. The third kappa shape index (κ3) is 3.03. The van der Waals surface area contributed by atoms with Crippen molar-refractivity contribution in [2.75, 3.05) is 13.1 Å². The Kier molecular flexibility index (Phi) is 4.34. The lowest BCUT2D eigenvalue weighted by Crippen LogP contribution is -2.30. The number of aromatic nitrogens is 4. The van der Waals surface area contributed by atoms with Gasteiger partial charge in [0.05, 0.1) is 30.3 Å². The molecule has 0 spiro atoms. The van der Waals surface area contributed by atoms with Gasteiger partial charge in [0.25, 0.3) is 5.91 Å². The maximum absolute atomic E-state index is 14.3. The van der Waals surface area contributed by atoms with Crippen LogP contribution >= 0.6 is 0 Å². The molecule has 1 aliphatic heterocycles. The molecule has 3 aromatic rings. The maximum atomic E-state index is 14.3. The van der Waals surface area contributed by atoms with Crippen molar-refractivity contribution in [2.24, 2.45) is 7.05 Å². The monoisotopic (exact) mass is 355 g/mol. The van der Waals surface area contributed by atoms with Crippen molar-refractivity contribution < 1.29 is 13.9 Å². The highest BCUT2D eigenvalue weighted by atomic mass is 19.1. The Bertz CT molecular complexity index is 930. The molecule has 0 aliphatic carbocycles. The maximum Gasteiger partial charge on any atom is 0.274 e. The van der Waals surface area contributed by atoms with Crippen LogP contribution in [-0.4, -0.2) is 55.7 Å². The molecule has 0 unspecified atom stereocenters. The molecule has 2 atom stereocenters. The lowest BCUT2D eigenvalue weighted by Gasteiger charge is -2.15. The third-order valence-corrected chi connectivity index (χ3v) is 4.57. The summed E-state index contributed by atoms with van der Waals surface area (Å²) < 4.78 is 22.0. The van der Waals surface area contributed by atoms with E-state index in [0.29, 0.717) is 0 Å². The fraction of sp³-hybridized carbons (Fsp3) is 0.333. The third-order valence-electron chi connectivity index (χ3n) is 4.57. The van der Waals surface area contributed by atoms with Crippen LogP contribution < -0.4 is 0 Å². The van der Waals surface area contributed by atoms with Crippen molar-refractivity contribution in [3.05, 3.63) is 54.4 Å². The van der Waals surface area contributed by atoms with Crippen LogP contribution in [0.1, 0.15) is 16.3 Å². The fourth-order valence-corrected chi connectivity index (χ4v) is 3.13. The Morgan fingerprint density at radius 1 is 1.31 bits per heavy atom. The summed E-state index contributed by atoms with van der Waals surface area (Å²) in [5, 5.41) is 0. The van der Waals surface area contributed by atoms with Gasteiger partial charge < -0.3 is 14.2 Å². The van der Waals surface area contributed by atoms with Crippen LogP contribution in [0.2, 0.25) is 0 Å². The number of carbonyl (C=O) groups excluding carboxylic acids is 1. The summed E-state index contributed by atoms with van der Waals surface area (Å²) in [6, 6.07) is 7.76. The standard InChI is InChI=1S/C18H18FN5O2/c1-23-15-5-3-2-4-13(15)22-17(23)11-26-16-10-24(9-12(16)19)18(25)14-8-20-6-7-21-14/h2-8,12,16H,9-11H2,1H3/t12-,16+/m1/s1. The lowest BCUT2D eigenvalue weighted by molar-refractivity contribution is 0.00772. The van der Waals surface area contributed by atoms with E-state index in [1.807, 2.05) is 35.9 Å². The zero-order valence-corrected chi connectivity index (χ0v) is 14.2. The fourth-order valence-electron chi connectivity index (χ4n) is 3.13. The number of alkyl halides is 1. The molecule has 1 amide bonds. The second-order valence-electron chi connectivity index (χ2n) is 6.24. The number of fused-ring (bicyclic) bond motifs is 1. The Hall–Kier alpha value is -2.87. The molecule has 0 radical (unpaired) electrons. The second kappa shape index (κ2) is 6.80. The van der Waals surface area contributed by atoms with E-state index < -0.39 is 12.3 Å². The van der Waals surface area contributed by atoms with Crippen molar-refractivity contribution in [3.63, 3.8) is 0 Å². The van der Waals surface area contributed by atoms with Crippen LogP contribution in [0, 0.1) is 0 Å². The predicted octanol–water partition coefficient (Wildman–Crippen LogP) is 1.74. The van der Waals surface area contributed by atoms with Crippen LogP contribution in [0.5, 0.6) is 0 Å². The molecule has 134 valence electrons. The molecular formula is C18H18FN5O2. The van der Waals surface area contributed by atoms with Crippen molar-refractivity contribution in [1.29, 1.82) is 0 Å². The van der Waals surface area contributed by atoms with E-state index in [9.17, 15) is 9.18 Å². The quantitative estimate of drug-likeness (QED) is 0.713. The SMILES string of the molecule is Cn1c(CO[C@H]2CN(C(=O)c3cnccn3)C[C@H]2F)nc2ccccc21. The van der Waals surface area contributed by atoms with Gasteiger partial charge in [0.2, 0.25) is 0 Å². The number of halogens is 1. The lowest BCUT2D eigenvalue weighted by atomic mass is 10.3. The number of amides is 1. The van der Waals surface area contributed by atoms with E-state index >= 15 is 0 Å². The van der Waals surface area contributed by atoms with E-state index in [1.54, 1.807) is 0 Å². The molecule has 8 heteroatoms. The highest BCUT2D eigenvalue weighted by Crippen LogP contribution is 2.21. The number of benzene rings is 1. The minimum atomic E-state index is -1.25. The van der Waals surface area contributed by atoms with Crippen LogP contribution in [0.25, 0.3) is 11.0 Å². The first kappa shape index (κ1) is 16.6. The minimum absolute atomic E-state index is 0.0113. The molecule has 3 heterocycles. The van der Waals surface area contributed by atoms with Crippen LogP contribution in [0.4, 0.5) is 4.39 Å². The molecule has 4 rings (SSSR count). The van der Waals surface area contributed by atoms with Crippen molar-refractivity contribution >= 4 is 16.9 Å². The average molecular weight is 355 g/mol. The van der Waals surface area contributed by atoms with Crippen LogP contribution in [-0.2, 0) is 18.4 Å². The van der Waals surface area contributed by atoms with Gasteiger partial charge in [-0.3, -0.25) is 9.78 Å². The van der Waals surface area contributed by atoms with Gasteiger partial charge in [-0.05, 0) is 12.1 Å². The molecule has 1 fully saturated rings. The Labute approximate surface area is 149 Å². The first-order valence-electron chi connectivity index (χ1n) is 8.35. The summed E-state index contributed by atoms with van der Waals surface area (Å²) in [6.45, 7) is 0.354. The molecule has 0 N–H and O–H groups in total. The van der Waals surface area contributed by atoms with Gasteiger partial charge in [0.1, 0.15) is 30.4 Å². The van der Waals surface area contributed by atoms with E-state index in [0.717, 1.165) is 16.9 Å². The van der Waals surface area contributed by atoms with Gasteiger partial charge in [0, 0.05) is 19.4 Å². The molecule has 7 nitrogen and oxygen atoms in total. The Morgan fingerprint density at radius 3 is 2.92 bits per heavy atom. The topological polar surface area (TPSA) is 73.1 Å². The first-order valence-corrected chi connectivity index (χ1v) is 8.35. The van der Waals surface area contributed by atoms with E-state index in [-0.39, 0.29) is 31.3 Å².